The van der Waals surface area contributed by atoms with Gasteiger partial charge in [0.25, 0.3) is 0 Å². The van der Waals surface area contributed by atoms with Gasteiger partial charge in [-0.3, -0.25) is 0 Å². The van der Waals surface area contributed by atoms with E-state index >= 15 is 0 Å². The second kappa shape index (κ2) is 16.1. The molecule has 1 heterocycles. The van der Waals surface area contributed by atoms with Gasteiger partial charge in [0, 0.05) is 55.8 Å². The van der Waals surface area contributed by atoms with Crippen molar-refractivity contribution in [3.63, 3.8) is 0 Å². The lowest BCUT2D eigenvalue weighted by Crippen LogP contribution is -2.57. The molecule has 0 radical (unpaired) electrons. The zero-order valence-corrected chi connectivity index (χ0v) is 43.5. The topological polar surface area (TPSA) is 15.7 Å². The number of hydrogen-bond donors (Lipinski definition) is 0. The van der Waals surface area contributed by atoms with Crippen molar-refractivity contribution in [2.45, 2.75) is 142 Å². The summed E-state index contributed by atoms with van der Waals surface area (Å²) in [6.07, 6.45) is 6.50. The second-order valence-electron chi connectivity index (χ2n) is 25.6. The molecule has 0 saturated heterocycles. The van der Waals surface area contributed by atoms with Crippen molar-refractivity contribution in [1.29, 1.82) is 0 Å². The van der Waals surface area contributed by atoms with E-state index in [-0.39, 0.29) is 27.1 Å². The first-order chi connectivity index (χ1) is 32.7. The van der Waals surface area contributed by atoms with Crippen LogP contribution in [-0.4, -0.2) is 0 Å². The van der Waals surface area contributed by atoms with E-state index in [4.69, 9.17) is 4.74 Å². The van der Waals surface area contributed by atoms with Gasteiger partial charge in [-0.15, -0.1) is 0 Å². The predicted octanol–water partition coefficient (Wildman–Crippen LogP) is 18.8. The standard InChI is InChI=1S/C66H74N2O/c1-62(2,3)44-17-25-50(26-18-44)67(51-27-19-45(20-28-51)63(4,5)6)54-33-34-60-57(40-54)66(48-36-42-35-43(38-48)39-49(66)37-42)58-41-59(55-15-13-14-16-56(55)61(58)69-60)68(52-29-21-46(22-30-52)64(7,8)9)53-31-23-47(24-32-53)65(10,11)12/h13-34,40-43,48-49H,35-39H2,1-12H3. The normalized spacial score (nSPS) is 21.8. The number of hydrogen-bond acceptors (Lipinski definition) is 3. The maximum atomic E-state index is 7.49. The minimum Gasteiger partial charge on any atom is -0.456 e. The van der Waals surface area contributed by atoms with Crippen molar-refractivity contribution in [3.8, 4) is 11.5 Å². The molecule has 7 aromatic carbocycles. The Bertz CT molecular complexity index is 2890. The van der Waals surface area contributed by atoms with Crippen molar-refractivity contribution in [2.24, 2.45) is 23.7 Å². The van der Waals surface area contributed by atoms with Gasteiger partial charge in [-0.2, -0.15) is 0 Å². The highest BCUT2D eigenvalue weighted by molar-refractivity contribution is 6.04. The van der Waals surface area contributed by atoms with Gasteiger partial charge < -0.3 is 14.5 Å². The van der Waals surface area contributed by atoms with Crippen molar-refractivity contribution < 1.29 is 4.74 Å². The highest BCUT2D eigenvalue weighted by Crippen LogP contribution is 2.70. The third-order valence-electron chi connectivity index (χ3n) is 16.9. The van der Waals surface area contributed by atoms with Crippen LogP contribution in [0.3, 0.4) is 0 Å². The Balaban J connectivity index is 1.15. The van der Waals surface area contributed by atoms with Gasteiger partial charge in [0.1, 0.15) is 11.5 Å². The summed E-state index contributed by atoms with van der Waals surface area (Å²) in [5, 5.41) is 2.40. The Morgan fingerprint density at radius 2 is 0.768 bits per heavy atom. The summed E-state index contributed by atoms with van der Waals surface area (Å²) in [4.78, 5) is 5.04. The van der Waals surface area contributed by atoms with Crippen LogP contribution in [0, 0.1) is 23.7 Å². The molecule has 4 bridgehead atoms. The van der Waals surface area contributed by atoms with E-state index in [0.29, 0.717) is 11.8 Å². The molecule has 3 heteroatoms. The van der Waals surface area contributed by atoms with E-state index in [0.717, 1.165) is 23.3 Å². The van der Waals surface area contributed by atoms with Crippen molar-refractivity contribution >= 4 is 44.9 Å². The zero-order valence-electron chi connectivity index (χ0n) is 43.5. The largest absolute Gasteiger partial charge is 0.456 e. The molecular formula is C66H74N2O. The first-order valence-corrected chi connectivity index (χ1v) is 26.1. The van der Waals surface area contributed by atoms with E-state index in [1.165, 1.54) is 110 Å². The summed E-state index contributed by atoms with van der Waals surface area (Å²) in [5.41, 5.74) is 15.2. The molecule has 0 amide bonds. The molecule has 3 nitrogen and oxygen atoms in total. The van der Waals surface area contributed by atoms with Crippen LogP contribution < -0.4 is 14.5 Å². The molecule has 1 aliphatic heterocycles. The number of rotatable bonds is 6. The lowest BCUT2D eigenvalue weighted by atomic mass is 9.41. The molecule has 4 fully saturated rings. The Morgan fingerprint density at radius 3 is 1.17 bits per heavy atom. The first kappa shape index (κ1) is 45.6. The molecule has 0 N–H and O–H groups in total. The van der Waals surface area contributed by atoms with Crippen molar-refractivity contribution in [1.82, 2.24) is 0 Å². The van der Waals surface area contributed by atoms with Gasteiger partial charge in [0.15, 0.2) is 0 Å². The fourth-order valence-corrected chi connectivity index (χ4v) is 13.4. The summed E-state index contributed by atoms with van der Waals surface area (Å²) >= 11 is 0. The second-order valence-corrected chi connectivity index (χ2v) is 25.6. The molecule has 7 aromatic rings. The SMILES string of the molecule is CC(C)(C)c1ccc(N(c2ccc(C(C)(C)C)cc2)c2ccc3c(c2)C2(c4cc(N(c5ccc(C(C)(C)C)cc5)c5ccc(C(C)(C)C)cc5)c5ccccc5c4O3)C3CC4CC(C3)CC2C4)cc1. The summed E-state index contributed by atoms with van der Waals surface area (Å²) < 4.78 is 7.49. The molecule has 1 spiro atoms. The molecule has 0 atom stereocenters. The van der Waals surface area contributed by atoms with Crippen LogP contribution in [0.2, 0.25) is 0 Å². The predicted molar refractivity (Wildman–Crippen MR) is 292 cm³/mol. The fourth-order valence-electron chi connectivity index (χ4n) is 13.4. The highest BCUT2D eigenvalue weighted by atomic mass is 16.5. The van der Waals surface area contributed by atoms with E-state index in [2.05, 4.69) is 238 Å². The lowest BCUT2D eigenvalue weighted by molar-refractivity contribution is -0.0450. The summed E-state index contributed by atoms with van der Waals surface area (Å²) in [5.74, 6) is 4.73. The third kappa shape index (κ3) is 7.78. The maximum Gasteiger partial charge on any atom is 0.139 e. The van der Waals surface area contributed by atoms with Gasteiger partial charge in [-0.05, 0) is 172 Å². The average Bonchev–Trinajstić information content (AvgIpc) is 3.30. The summed E-state index contributed by atoms with van der Waals surface area (Å²) in [7, 11) is 0. The van der Waals surface area contributed by atoms with Gasteiger partial charge in [-0.1, -0.05) is 156 Å². The average molecular weight is 911 g/mol. The number of fused-ring (bicyclic) bond motifs is 4. The molecule has 69 heavy (non-hydrogen) atoms. The van der Waals surface area contributed by atoms with Gasteiger partial charge in [0.05, 0.1) is 5.69 Å². The fraction of sp³-hybridized carbons (Fsp3) is 0.394. The van der Waals surface area contributed by atoms with E-state index in [1.54, 1.807) is 0 Å². The van der Waals surface area contributed by atoms with Crippen LogP contribution in [0.5, 0.6) is 11.5 Å². The quantitative estimate of drug-likeness (QED) is 0.165. The monoisotopic (exact) mass is 911 g/mol. The van der Waals surface area contributed by atoms with Crippen LogP contribution in [0.4, 0.5) is 34.1 Å². The highest BCUT2D eigenvalue weighted by Gasteiger charge is 2.62. The maximum absolute atomic E-state index is 7.49. The smallest absolute Gasteiger partial charge is 0.139 e. The lowest BCUT2D eigenvalue weighted by Gasteiger charge is -2.63. The van der Waals surface area contributed by atoms with E-state index in [9.17, 15) is 0 Å². The van der Waals surface area contributed by atoms with Gasteiger partial charge >= 0.3 is 0 Å². The van der Waals surface area contributed by atoms with Crippen LogP contribution in [-0.2, 0) is 27.1 Å². The number of nitrogens with zero attached hydrogens (tertiary/aromatic N) is 2. The Labute approximate surface area is 413 Å². The van der Waals surface area contributed by atoms with Crippen molar-refractivity contribution in [3.05, 3.63) is 179 Å². The molecule has 4 saturated carbocycles. The van der Waals surface area contributed by atoms with Crippen LogP contribution >= 0.6 is 0 Å². The number of ether oxygens (including phenoxy) is 1. The van der Waals surface area contributed by atoms with Crippen molar-refractivity contribution in [2.75, 3.05) is 9.80 Å². The molecule has 12 rings (SSSR count). The Hall–Kier alpha value is -5.80. The van der Waals surface area contributed by atoms with Gasteiger partial charge in [0.2, 0.25) is 0 Å². The van der Waals surface area contributed by atoms with Crippen LogP contribution in [0.15, 0.2) is 146 Å². The van der Waals surface area contributed by atoms with E-state index in [1.807, 2.05) is 0 Å². The molecule has 0 aromatic heterocycles. The summed E-state index contributed by atoms with van der Waals surface area (Å²) in [6.45, 7) is 27.6. The Morgan fingerprint density at radius 1 is 0.391 bits per heavy atom. The molecule has 0 unspecified atom stereocenters. The van der Waals surface area contributed by atoms with E-state index < -0.39 is 0 Å². The van der Waals surface area contributed by atoms with Crippen LogP contribution in [0.1, 0.15) is 149 Å². The minimum atomic E-state index is -0.208. The molecule has 354 valence electrons. The molecular weight excluding hydrogens is 837 g/mol. The van der Waals surface area contributed by atoms with Crippen LogP contribution in [0.25, 0.3) is 10.8 Å². The number of anilines is 6. The summed E-state index contributed by atoms with van der Waals surface area (Å²) in [6, 6.07) is 56.3. The third-order valence-corrected chi connectivity index (χ3v) is 16.9. The molecule has 5 aliphatic rings. The Kier molecular flexibility index (Phi) is 10.7. The van der Waals surface area contributed by atoms with Gasteiger partial charge in [-0.25, -0.2) is 0 Å². The number of benzene rings is 7. The molecule has 4 aliphatic carbocycles. The first-order valence-electron chi connectivity index (χ1n) is 26.1. The zero-order chi connectivity index (χ0) is 48.4. The minimum absolute atomic E-state index is 0.0486.